The smallest absolute Gasteiger partial charge is 0.143 e. The van der Waals surface area contributed by atoms with Gasteiger partial charge >= 0.3 is 0 Å². The zero-order valence-electron chi connectivity index (χ0n) is 9.74. The molecule has 0 aromatic carbocycles. The molecule has 92 valence electrons. The average molecular weight is 346 g/mol. The Kier molecular flexibility index (Phi) is 3.82. The molecule has 0 saturated heterocycles. The van der Waals surface area contributed by atoms with Gasteiger partial charge in [-0.2, -0.15) is 0 Å². The fourth-order valence-corrected chi connectivity index (χ4v) is 2.19. The molecule has 3 N–H and O–H groups in total. The van der Waals surface area contributed by atoms with Gasteiger partial charge in [0.1, 0.15) is 17.8 Å². The minimum Gasteiger partial charge on any atom is -0.394 e. The van der Waals surface area contributed by atoms with E-state index in [1.807, 2.05) is 6.07 Å². The molecule has 2 aromatic rings. The van der Waals surface area contributed by atoms with Crippen LogP contribution in [0.1, 0.15) is 13.8 Å². The Balaban J connectivity index is 2.34. The number of aliphatic hydroxyl groups excluding tert-OH is 1. The van der Waals surface area contributed by atoms with Crippen LogP contribution < -0.4 is 5.32 Å². The number of rotatable bonds is 4. The number of H-pyrrole nitrogens is 1. The van der Waals surface area contributed by atoms with E-state index in [1.54, 1.807) is 0 Å². The number of hydrogen-bond donors (Lipinski definition) is 3. The summed E-state index contributed by atoms with van der Waals surface area (Å²) in [7, 11) is 0. The standard InChI is InChI=1S/C11H15IN4O/c1-6(2)8(4-17)15-10-7-3-9(12)16-11(7)14-5-13-10/h3,5-6,8,17H,4H2,1-2H3,(H2,13,14,15,16)/t8-/m0/s1. The second kappa shape index (κ2) is 5.18. The lowest BCUT2D eigenvalue weighted by Gasteiger charge is -2.20. The fraction of sp³-hybridized carbons (Fsp3) is 0.455. The monoisotopic (exact) mass is 346 g/mol. The lowest BCUT2D eigenvalue weighted by atomic mass is 10.1. The van der Waals surface area contributed by atoms with Gasteiger partial charge in [0.2, 0.25) is 0 Å². The highest BCUT2D eigenvalue weighted by atomic mass is 127. The van der Waals surface area contributed by atoms with Crippen LogP contribution in [-0.2, 0) is 0 Å². The van der Waals surface area contributed by atoms with Crippen molar-refractivity contribution >= 4 is 39.4 Å². The molecular formula is C11H15IN4O. The van der Waals surface area contributed by atoms with Crippen LogP contribution in [0.3, 0.4) is 0 Å². The van der Waals surface area contributed by atoms with Gasteiger partial charge in [0.25, 0.3) is 0 Å². The minimum atomic E-state index is 0.000612. The molecule has 0 saturated carbocycles. The van der Waals surface area contributed by atoms with E-state index < -0.39 is 0 Å². The Morgan fingerprint density at radius 1 is 1.47 bits per heavy atom. The van der Waals surface area contributed by atoms with E-state index in [2.05, 4.69) is 56.7 Å². The Morgan fingerprint density at radius 2 is 2.24 bits per heavy atom. The van der Waals surface area contributed by atoms with Crippen molar-refractivity contribution in [3.63, 3.8) is 0 Å². The average Bonchev–Trinajstić information content (AvgIpc) is 2.66. The van der Waals surface area contributed by atoms with Crippen LogP contribution in [0, 0.1) is 9.62 Å². The number of fused-ring (bicyclic) bond motifs is 1. The topological polar surface area (TPSA) is 73.8 Å². The van der Waals surface area contributed by atoms with E-state index in [0.29, 0.717) is 5.92 Å². The summed E-state index contributed by atoms with van der Waals surface area (Å²) in [5, 5.41) is 13.5. The molecule has 1 atom stereocenters. The van der Waals surface area contributed by atoms with Crippen LogP contribution >= 0.6 is 22.6 Å². The van der Waals surface area contributed by atoms with Gasteiger partial charge < -0.3 is 15.4 Å². The first-order valence-corrected chi connectivity index (χ1v) is 6.56. The third kappa shape index (κ3) is 2.68. The SMILES string of the molecule is CC(C)[C@H](CO)Nc1ncnc2[nH]c(I)cc12. The maximum atomic E-state index is 9.32. The number of aromatic nitrogens is 3. The van der Waals surface area contributed by atoms with E-state index in [0.717, 1.165) is 20.6 Å². The Morgan fingerprint density at radius 3 is 2.88 bits per heavy atom. The zero-order valence-corrected chi connectivity index (χ0v) is 11.9. The molecule has 0 aliphatic rings. The molecule has 0 amide bonds. The molecule has 2 rings (SSSR count). The van der Waals surface area contributed by atoms with Gasteiger partial charge in [0, 0.05) is 0 Å². The summed E-state index contributed by atoms with van der Waals surface area (Å²) in [6, 6.07) is 1.99. The number of aliphatic hydroxyl groups is 1. The van der Waals surface area contributed by atoms with Crippen LogP contribution in [0.15, 0.2) is 12.4 Å². The number of halogens is 1. The summed E-state index contributed by atoms with van der Waals surface area (Å²) in [6.45, 7) is 4.21. The second-order valence-corrected chi connectivity index (χ2v) is 5.44. The Bertz CT molecular complexity index is 511. The van der Waals surface area contributed by atoms with Crippen molar-refractivity contribution in [3.05, 3.63) is 16.1 Å². The summed E-state index contributed by atoms with van der Waals surface area (Å²) >= 11 is 2.21. The summed E-state index contributed by atoms with van der Waals surface area (Å²) in [6.07, 6.45) is 1.52. The molecule has 0 spiro atoms. The maximum Gasteiger partial charge on any atom is 0.143 e. The molecule has 0 aliphatic heterocycles. The molecule has 6 heteroatoms. The third-order valence-corrected chi connectivity index (χ3v) is 3.30. The van der Waals surface area contributed by atoms with Crippen molar-refractivity contribution in [2.45, 2.75) is 19.9 Å². The number of aromatic amines is 1. The van der Waals surface area contributed by atoms with E-state index in [1.165, 1.54) is 6.33 Å². The van der Waals surface area contributed by atoms with E-state index in [-0.39, 0.29) is 12.6 Å². The Labute approximate surface area is 113 Å². The van der Waals surface area contributed by atoms with E-state index in [9.17, 15) is 5.11 Å². The van der Waals surface area contributed by atoms with Gasteiger partial charge in [-0.3, -0.25) is 0 Å². The molecule has 0 fully saturated rings. The fourth-order valence-electron chi connectivity index (χ4n) is 1.62. The second-order valence-electron chi connectivity index (χ2n) is 4.28. The molecule has 2 heterocycles. The van der Waals surface area contributed by atoms with Gasteiger partial charge in [-0.1, -0.05) is 13.8 Å². The molecule has 0 bridgehead atoms. The zero-order chi connectivity index (χ0) is 12.4. The van der Waals surface area contributed by atoms with Crippen molar-refractivity contribution < 1.29 is 5.11 Å². The highest BCUT2D eigenvalue weighted by Crippen LogP contribution is 2.22. The summed E-state index contributed by atoms with van der Waals surface area (Å²) in [4.78, 5) is 11.6. The van der Waals surface area contributed by atoms with Crippen LogP contribution in [0.5, 0.6) is 0 Å². The maximum absolute atomic E-state index is 9.32. The molecule has 0 unspecified atom stereocenters. The predicted octanol–water partition coefficient (Wildman–Crippen LogP) is 1.99. The van der Waals surface area contributed by atoms with Crippen LogP contribution in [0.4, 0.5) is 5.82 Å². The molecule has 0 radical (unpaired) electrons. The van der Waals surface area contributed by atoms with Crippen molar-refractivity contribution in [2.75, 3.05) is 11.9 Å². The highest BCUT2D eigenvalue weighted by Gasteiger charge is 2.15. The molecule has 0 aliphatic carbocycles. The van der Waals surface area contributed by atoms with Gasteiger partial charge in [-0.05, 0) is 34.6 Å². The largest absolute Gasteiger partial charge is 0.394 e. The van der Waals surface area contributed by atoms with Crippen LogP contribution in [-0.4, -0.2) is 32.7 Å². The van der Waals surface area contributed by atoms with Crippen molar-refractivity contribution in [3.8, 4) is 0 Å². The quantitative estimate of drug-likeness (QED) is 0.741. The van der Waals surface area contributed by atoms with Gasteiger partial charge in [-0.15, -0.1) is 0 Å². The summed E-state index contributed by atoms with van der Waals surface area (Å²) < 4.78 is 1.02. The lowest BCUT2D eigenvalue weighted by Crippen LogP contribution is -2.29. The van der Waals surface area contributed by atoms with Gasteiger partial charge in [0.15, 0.2) is 0 Å². The predicted molar refractivity (Wildman–Crippen MR) is 75.9 cm³/mol. The lowest BCUT2D eigenvalue weighted by molar-refractivity contribution is 0.249. The molecule has 17 heavy (non-hydrogen) atoms. The molecule has 2 aromatic heterocycles. The van der Waals surface area contributed by atoms with Gasteiger partial charge in [-0.25, -0.2) is 9.97 Å². The first kappa shape index (κ1) is 12.6. The first-order valence-electron chi connectivity index (χ1n) is 5.48. The number of hydrogen-bond acceptors (Lipinski definition) is 4. The molecular weight excluding hydrogens is 331 g/mol. The van der Waals surface area contributed by atoms with Gasteiger partial charge in [0.05, 0.1) is 21.7 Å². The third-order valence-electron chi connectivity index (χ3n) is 2.72. The van der Waals surface area contributed by atoms with Crippen LogP contribution in [0.2, 0.25) is 0 Å². The number of anilines is 1. The van der Waals surface area contributed by atoms with Crippen molar-refractivity contribution in [2.24, 2.45) is 5.92 Å². The van der Waals surface area contributed by atoms with Crippen molar-refractivity contribution in [1.29, 1.82) is 0 Å². The Hall–Kier alpha value is -0.890. The van der Waals surface area contributed by atoms with Crippen LogP contribution in [0.25, 0.3) is 11.0 Å². The first-order chi connectivity index (χ1) is 8.11. The normalized spacial score (nSPS) is 13.2. The van der Waals surface area contributed by atoms with Crippen molar-refractivity contribution in [1.82, 2.24) is 15.0 Å². The summed E-state index contributed by atoms with van der Waals surface area (Å²) in [5.41, 5.74) is 0.812. The van der Waals surface area contributed by atoms with E-state index >= 15 is 0 Å². The minimum absolute atomic E-state index is 0.000612. The number of nitrogens with zero attached hydrogens (tertiary/aromatic N) is 2. The molecule has 5 nitrogen and oxygen atoms in total. The van der Waals surface area contributed by atoms with E-state index in [4.69, 9.17) is 0 Å². The summed E-state index contributed by atoms with van der Waals surface area (Å²) in [5.74, 6) is 1.10. The highest BCUT2D eigenvalue weighted by molar-refractivity contribution is 14.1. The number of nitrogens with one attached hydrogen (secondary N) is 2.